The van der Waals surface area contributed by atoms with Crippen LogP contribution in [0.1, 0.15) is 37.7 Å². The fourth-order valence-electron chi connectivity index (χ4n) is 3.73. The molecule has 31 heavy (non-hydrogen) atoms. The first kappa shape index (κ1) is 25.1. The number of hydrogen-bond donors (Lipinski definition) is 2. The first-order chi connectivity index (χ1) is 14.8. The van der Waals surface area contributed by atoms with Crippen LogP contribution in [0.25, 0.3) is 5.65 Å². The number of aryl methyl sites for hydroxylation is 1. The van der Waals surface area contributed by atoms with Crippen LogP contribution in [-0.2, 0) is 6.42 Å². The lowest BCUT2D eigenvalue weighted by Crippen LogP contribution is -2.43. The molecule has 0 saturated heterocycles. The average molecular weight is 535 g/mol. The third-order valence-electron chi connectivity index (χ3n) is 5.38. The van der Waals surface area contributed by atoms with E-state index in [1.807, 2.05) is 35.8 Å². The van der Waals surface area contributed by atoms with Crippen LogP contribution in [0.2, 0.25) is 0 Å². The van der Waals surface area contributed by atoms with Crippen LogP contribution < -0.4 is 10.6 Å². The van der Waals surface area contributed by atoms with E-state index in [9.17, 15) is 0 Å². The van der Waals surface area contributed by atoms with Gasteiger partial charge >= 0.3 is 0 Å². The van der Waals surface area contributed by atoms with Crippen LogP contribution in [0.5, 0.6) is 0 Å². The predicted molar refractivity (Wildman–Crippen MR) is 138 cm³/mol. The van der Waals surface area contributed by atoms with Gasteiger partial charge in [-0.2, -0.15) is 0 Å². The van der Waals surface area contributed by atoms with Crippen molar-refractivity contribution in [3.05, 3.63) is 66.1 Å². The topological polar surface area (TPSA) is 69.8 Å². The normalized spacial score (nSPS) is 12.6. The van der Waals surface area contributed by atoms with Crippen molar-refractivity contribution in [1.29, 1.82) is 0 Å². The van der Waals surface area contributed by atoms with Gasteiger partial charge < -0.3 is 10.6 Å². The lowest BCUT2D eigenvalue weighted by molar-refractivity contribution is 0.219. The molecule has 3 aromatic rings. The van der Waals surface area contributed by atoms with Crippen LogP contribution in [0.3, 0.4) is 0 Å². The van der Waals surface area contributed by atoms with Gasteiger partial charge in [-0.3, -0.25) is 14.3 Å². The number of rotatable bonds is 10. The molecule has 8 heteroatoms. The quantitative estimate of drug-likeness (QED) is 0.180. The zero-order chi connectivity index (χ0) is 21.2. The second-order valence-corrected chi connectivity index (χ2v) is 7.18. The van der Waals surface area contributed by atoms with Crippen molar-refractivity contribution in [2.75, 3.05) is 33.2 Å². The van der Waals surface area contributed by atoms with Crippen LogP contribution in [0, 0.1) is 0 Å². The van der Waals surface area contributed by atoms with E-state index in [0.29, 0.717) is 6.04 Å². The molecule has 0 aliphatic heterocycles. The van der Waals surface area contributed by atoms with E-state index in [1.54, 1.807) is 0 Å². The van der Waals surface area contributed by atoms with Crippen molar-refractivity contribution in [1.82, 2.24) is 30.1 Å². The largest absolute Gasteiger partial charge is 0.356 e. The Kier molecular flexibility index (Phi) is 10.7. The molecule has 1 unspecified atom stereocenters. The summed E-state index contributed by atoms with van der Waals surface area (Å²) in [5.41, 5.74) is 2.21. The molecule has 0 bridgehead atoms. The molecule has 1 atom stereocenters. The van der Waals surface area contributed by atoms with Crippen molar-refractivity contribution in [2.45, 2.75) is 32.7 Å². The van der Waals surface area contributed by atoms with Gasteiger partial charge in [-0.15, -0.1) is 34.2 Å². The maximum atomic E-state index is 4.39. The molecule has 3 rings (SSSR count). The summed E-state index contributed by atoms with van der Waals surface area (Å²) in [6, 6.07) is 16.9. The van der Waals surface area contributed by atoms with Crippen molar-refractivity contribution < 1.29 is 0 Å². The Morgan fingerprint density at radius 1 is 1.03 bits per heavy atom. The molecule has 0 saturated carbocycles. The fraction of sp³-hybridized carbons (Fsp3) is 0.435. The second-order valence-electron chi connectivity index (χ2n) is 7.18. The Morgan fingerprint density at radius 3 is 2.48 bits per heavy atom. The fourth-order valence-corrected chi connectivity index (χ4v) is 3.73. The van der Waals surface area contributed by atoms with Gasteiger partial charge in [0, 0.05) is 32.8 Å². The van der Waals surface area contributed by atoms with Crippen molar-refractivity contribution in [2.24, 2.45) is 4.99 Å². The first-order valence-electron chi connectivity index (χ1n) is 10.8. The number of hydrogen-bond acceptors (Lipinski definition) is 4. The molecule has 0 fully saturated rings. The van der Waals surface area contributed by atoms with Gasteiger partial charge in [-0.1, -0.05) is 50.2 Å². The smallest absolute Gasteiger partial charge is 0.191 e. The number of nitrogens with one attached hydrogen (secondary N) is 2. The lowest BCUT2D eigenvalue weighted by Gasteiger charge is -2.30. The SMILES string of the molecule is CCN(CC)C(CNC(=NC)NCCCc1nnc2ccccn12)c1ccccc1.I. The van der Waals surface area contributed by atoms with Gasteiger partial charge in [0.25, 0.3) is 0 Å². The van der Waals surface area contributed by atoms with Gasteiger partial charge in [0.1, 0.15) is 5.82 Å². The number of aromatic nitrogens is 3. The van der Waals surface area contributed by atoms with Crippen LogP contribution in [0.15, 0.2) is 59.7 Å². The highest BCUT2D eigenvalue weighted by Gasteiger charge is 2.18. The molecular formula is C23H34IN7. The summed E-state index contributed by atoms with van der Waals surface area (Å²) in [5.74, 6) is 1.82. The van der Waals surface area contributed by atoms with E-state index in [2.05, 4.69) is 74.9 Å². The summed E-state index contributed by atoms with van der Waals surface area (Å²) in [6.45, 7) is 8.07. The molecule has 2 N–H and O–H groups in total. The number of aliphatic imine (C=N–C) groups is 1. The van der Waals surface area contributed by atoms with E-state index < -0.39 is 0 Å². The number of guanidine groups is 1. The maximum absolute atomic E-state index is 4.39. The predicted octanol–water partition coefficient (Wildman–Crippen LogP) is 3.53. The van der Waals surface area contributed by atoms with Crippen molar-refractivity contribution in [3.8, 4) is 0 Å². The highest BCUT2D eigenvalue weighted by atomic mass is 127. The van der Waals surface area contributed by atoms with Crippen LogP contribution >= 0.6 is 24.0 Å². The minimum absolute atomic E-state index is 0. The summed E-state index contributed by atoms with van der Waals surface area (Å²) >= 11 is 0. The first-order valence-corrected chi connectivity index (χ1v) is 10.8. The Hall–Kier alpha value is -2.20. The Balaban J connectivity index is 0.00000341. The van der Waals surface area contributed by atoms with Gasteiger partial charge in [-0.05, 0) is 37.2 Å². The Bertz CT molecular complexity index is 922. The number of likely N-dealkylation sites (N-methyl/N-ethyl adjacent to an activating group) is 1. The van der Waals surface area contributed by atoms with Gasteiger partial charge in [0.2, 0.25) is 0 Å². The molecule has 168 valence electrons. The van der Waals surface area contributed by atoms with Crippen LogP contribution in [-0.4, -0.2) is 58.7 Å². The molecule has 0 aliphatic carbocycles. The zero-order valence-electron chi connectivity index (χ0n) is 18.7. The standard InChI is InChI=1S/C23H33N7.HI/c1-4-29(5-2)20(19-12-7-6-8-13-19)18-26-23(24-3)25-16-11-15-22-28-27-21-14-9-10-17-30(21)22;/h6-10,12-14,17,20H,4-5,11,15-16,18H2,1-3H3,(H2,24,25,26);1H. The molecule has 0 amide bonds. The summed E-state index contributed by atoms with van der Waals surface area (Å²) in [5, 5.41) is 15.4. The number of pyridine rings is 1. The molecule has 2 heterocycles. The minimum Gasteiger partial charge on any atom is -0.356 e. The summed E-state index contributed by atoms with van der Waals surface area (Å²) in [4.78, 5) is 6.86. The van der Waals surface area contributed by atoms with Gasteiger partial charge in [-0.25, -0.2) is 0 Å². The number of benzene rings is 1. The summed E-state index contributed by atoms with van der Waals surface area (Å²) in [6.07, 6.45) is 3.82. The summed E-state index contributed by atoms with van der Waals surface area (Å²) < 4.78 is 2.04. The highest BCUT2D eigenvalue weighted by molar-refractivity contribution is 14.0. The van der Waals surface area contributed by atoms with E-state index in [4.69, 9.17) is 0 Å². The van der Waals surface area contributed by atoms with Gasteiger partial charge in [0.15, 0.2) is 11.6 Å². The molecule has 7 nitrogen and oxygen atoms in total. The lowest BCUT2D eigenvalue weighted by atomic mass is 10.1. The molecular weight excluding hydrogens is 501 g/mol. The average Bonchev–Trinajstić information content (AvgIpc) is 3.21. The van der Waals surface area contributed by atoms with E-state index in [0.717, 1.165) is 56.5 Å². The zero-order valence-corrected chi connectivity index (χ0v) is 21.0. The van der Waals surface area contributed by atoms with E-state index in [-0.39, 0.29) is 24.0 Å². The second kappa shape index (κ2) is 13.3. The molecule has 2 aromatic heterocycles. The molecule has 0 radical (unpaired) electrons. The minimum atomic E-state index is 0. The number of fused-ring (bicyclic) bond motifs is 1. The maximum Gasteiger partial charge on any atom is 0.191 e. The van der Waals surface area contributed by atoms with Crippen molar-refractivity contribution >= 4 is 35.6 Å². The third kappa shape index (κ3) is 6.90. The molecule has 0 aliphatic rings. The van der Waals surface area contributed by atoms with Crippen LogP contribution in [0.4, 0.5) is 0 Å². The number of nitrogens with zero attached hydrogens (tertiary/aromatic N) is 5. The van der Waals surface area contributed by atoms with E-state index in [1.165, 1.54) is 5.56 Å². The molecule has 0 spiro atoms. The number of halogens is 1. The molecule has 1 aromatic carbocycles. The summed E-state index contributed by atoms with van der Waals surface area (Å²) in [7, 11) is 1.82. The Morgan fingerprint density at radius 2 is 1.77 bits per heavy atom. The van der Waals surface area contributed by atoms with E-state index >= 15 is 0 Å². The highest BCUT2D eigenvalue weighted by Crippen LogP contribution is 2.19. The monoisotopic (exact) mass is 535 g/mol. The van der Waals surface area contributed by atoms with Crippen molar-refractivity contribution in [3.63, 3.8) is 0 Å². The van der Waals surface area contributed by atoms with Gasteiger partial charge in [0.05, 0.1) is 6.04 Å². The third-order valence-corrected chi connectivity index (χ3v) is 5.38. The Labute approximate surface area is 202 Å².